The maximum atomic E-state index is 16.1. The Labute approximate surface area is 404 Å². The van der Waals surface area contributed by atoms with E-state index in [2.05, 4.69) is 10.6 Å². The molecule has 1 saturated heterocycles. The number of aliphatic hydroxyl groups is 2. The van der Waals surface area contributed by atoms with Crippen LogP contribution < -0.4 is 10.6 Å². The van der Waals surface area contributed by atoms with E-state index in [-0.39, 0.29) is 35.1 Å². The van der Waals surface area contributed by atoms with Crippen LogP contribution in [0.2, 0.25) is 0 Å². The van der Waals surface area contributed by atoms with Gasteiger partial charge >= 0.3 is 29.8 Å². The van der Waals surface area contributed by atoms with Crippen molar-refractivity contribution >= 4 is 47.4 Å². The second kappa shape index (κ2) is 19.9. The molecular weight excluding hydrogens is 909 g/mol. The lowest BCUT2D eigenvalue weighted by atomic mass is 9.44. The zero-order valence-electron chi connectivity index (χ0n) is 39.9. The molecule has 3 aromatic carbocycles. The Hall–Kier alpha value is -6.76. The van der Waals surface area contributed by atoms with Gasteiger partial charge in [0.1, 0.15) is 36.6 Å². The van der Waals surface area contributed by atoms with Crippen LogP contribution in [0, 0.1) is 16.7 Å². The molecular formula is C52H58N2O16. The van der Waals surface area contributed by atoms with Crippen LogP contribution in [0.3, 0.4) is 0 Å². The largest absolute Gasteiger partial charge is 0.460 e. The lowest BCUT2D eigenvalue weighted by Gasteiger charge is -2.67. The molecule has 1 aliphatic heterocycles. The number of carbonyl (C=O) groups excluding carboxylic acids is 8. The van der Waals surface area contributed by atoms with Crippen LogP contribution in [0.1, 0.15) is 100 Å². The van der Waals surface area contributed by atoms with Crippen molar-refractivity contribution in [2.75, 3.05) is 13.2 Å². The first-order valence-corrected chi connectivity index (χ1v) is 23.1. The molecule has 2 bridgehead atoms. The summed E-state index contributed by atoms with van der Waals surface area (Å²) in [6, 6.07) is 22.6. The molecule has 3 aromatic rings. The molecule has 4 aliphatic rings. The first-order valence-electron chi connectivity index (χ1n) is 23.1. The van der Waals surface area contributed by atoms with Gasteiger partial charge in [0.05, 0.1) is 29.5 Å². The van der Waals surface area contributed by atoms with Gasteiger partial charge in [-0.2, -0.15) is 0 Å². The van der Waals surface area contributed by atoms with Crippen LogP contribution in [0.5, 0.6) is 0 Å². The lowest BCUT2D eigenvalue weighted by Crippen LogP contribution is -2.82. The topological polar surface area (TPSA) is 256 Å². The molecule has 11 atom stereocenters. The van der Waals surface area contributed by atoms with Gasteiger partial charge in [-0.1, -0.05) is 87.5 Å². The summed E-state index contributed by atoms with van der Waals surface area (Å²) in [5.41, 5.74) is -7.71. The molecule has 0 aromatic heterocycles. The van der Waals surface area contributed by atoms with Crippen molar-refractivity contribution < 1.29 is 77.0 Å². The van der Waals surface area contributed by atoms with E-state index in [1.807, 2.05) is 0 Å². The van der Waals surface area contributed by atoms with Gasteiger partial charge in [-0.25, -0.2) is 9.59 Å². The summed E-state index contributed by atoms with van der Waals surface area (Å²) in [5.74, 6) is -8.73. The minimum absolute atomic E-state index is 0.0172. The Kier molecular flexibility index (Phi) is 14.5. The van der Waals surface area contributed by atoms with Crippen molar-refractivity contribution in [2.45, 2.75) is 122 Å². The quantitative estimate of drug-likeness (QED) is 0.102. The second-order valence-corrected chi connectivity index (χ2v) is 18.9. The molecule has 2 saturated carbocycles. The molecule has 70 heavy (non-hydrogen) atoms. The number of amides is 2. The molecule has 1 unspecified atom stereocenters. The van der Waals surface area contributed by atoms with Crippen LogP contribution >= 0.6 is 0 Å². The zero-order chi connectivity index (χ0) is 50.9. The number of carbonyl (C=O) groups is 8. The number of hydrogen-bond acceptors (Lipinski definition) is 16. The van der Waals surface area contributed by atoms with Crippen LogP contribution in [0.15, 0.2) is 102 Å². The van der Waals surface area contributed by atoms with E-state index in [4.69, 9.17) is 28.4 Å². The summed E-state index contributed by atoms with van der Waals surface area (Å²) < 4.78 is 36.9. The van der Waals surface area contributed by atoms with Crippen LogP contribution in [0.25, 0.3) is 0 Å². The number of Topliss-reactive ketones (excluding diaryl/α,β-unsaturated/α-hetero) is 1. The number of rotatable bonds is 14. The number of benzene rings is 3. The van der Waals surface area contributed by atoms with E-state index in [0.29, 0.717) is 5.56 Å². The number of nitrogens with one attached hydrogen (secondary N) is 2. The summed E-state index contributed by atoms with van der Waals surface area (Å²) in [6.45, 7) is 8.69. The van der Waals surface area contributed by atoms with Gasteiger partial charge in [-0.15, -0.1) is 0 Å². The van der Waals surface area contributed by atoms with Crippen LogP contribution in [0.4, 0.5) is 0 Å². The Morgan fingerprint density at radius 3 is 1.97 bits per heavy atom. The van der Waals surface area contributed by atoms with Gasteiger partial charge in [0.2, 0.25) is 5.91 Å². The van der Waals surface area contributed by atoms with Gasteiger partial charge in [-0.3, -0.25) is 28.8 Å². The fourth-order valence-corrected chi connectivity index (χ4v) is 10.8. The normalized spacial score (nSPS) is 29.4. The third kappa shape index (κ3) is 9.22. The standard InChI is InChI=1S/C52H58N2O16/c1-8-37(57)53-26-38(58)68-35-24-36-51(27-65-36,70-30(4)56)43-45(69-47(62)33-22-16-11-17-23-33)52(64)25-34(28(2)39(49(52,5)6)42(66-29(3)55)44(60)50(35,43)7)67-48(63)41(59)40(31-18-12-9-13-19-31)54-46(61)32-20-14-10-15-21-32/h9-23,34-36,40-43,45,59,64H,8,24-27H2,1-7H3,(H,53,57)(H,54,61)/t34-,35-,36?,40-,41+,42+,43-,45-,50+,51-,52+/m0/s1. The second-order valence-electron chi connectivity index (χ2n) is 18.9. The molecule has 7 rings (SSSR count). The molecule has 3 aliphatic carbocycles. The number of hydrogen-bond donors (Lipinski definition) is 4. The van der Waals surface area contributed by atoms with Crippen molar-refractivity contribution in [2.24, 2.45) is 16.7 Å². The molecule has 4 N–H and O–H groups in total. The fourth-order valence-electron chi connectivity index (χ4n) is 10.8. The summed E-state index contributed by atoms with van der Waals surface area (Å²) in [4.78, 5) is 111. The van der Waals surface area contributed by atoms with Crippen molar-refractivity contribution in [3.8, 4) is 0 Å². The van der Waals surface area contributed by atoms with E-state index >= 15 is 4.79 Å². The Balaban J connectivity index is 1.41. The highest BCUT2D eigenvalue weighted by atomic mass is 16.6. The summed E-state index contributed by atoms with van der Waals surface area (Å²) >= 11 is 0. The number of ketones is 1. The predicted molar refractivity (Wildman–Crippen MR) is 245 cm³/mol. The van der Waals surface area contributed by atoms with E-state index in [0.717, 1.165) is 13.8 Å². The number of ether oxygens (including phenoxy) is 6. The molecule has 372 valence electrons. The maximum absolute atomic E-state index is 16.1. The monoisotopic (exact) mass is 966 g/mol. The number of esters is 5. The first kappa shape index (κ1) is 51.1. The van der Waals surface area contributed by atoms with Gasteiger partial charge in [0, 0.05) is 44.1 Å². The Morgan fingerprint density at radius 1 is 0.814 bits per heavy atom. The summed E-state index contributed by atoms with van der Waals surface area (Å²) in [7, 11) is 0. The van der Waals surface area contributed by atoms with E-state index in [1.54, 1.807) is 85.8 Å². The summed E-state index contributed by atoms with van der Waals surface area (Å²) in [5, 5.41) is 31.0. The Bertz CT molecular complexity index is 2570. The lowest BCUT2D eigenvalue weighted by molar-refractivity contribution is -0.346. The fraction of sp³-hybridized carbons (Fsp3) is 0.462. The smallest absolute Gasteiger partial charge is 0.338 e. The molecule has 2 amide bonds. The third-order valence-electron chi connectivity index (χ3n) is 14.5. The van der Waals surface area contributed by atoms with Crippen LogP contribution in [-0.4, -0.2) is 119 Å². The Morgan fingerprint density at radius 2 is 1.41 bits per heavy atom. The van der Waals surface area contributed by atoms with Crippen LogP contribution in [-0.2, 0) is 57.2 Å². The highest BCUT2D eigenvalue weighted by Crippen LogP contribution is 2.65. The molecule has 18 heteroatoms. The van der Waals surface area contributed by atoms with Gasteiger partial charge < -0.3 is 49.3 Å². The minimum atomic E-state index is -2.50. The number of fused-ring (bicyclic) bond motifs is 5. The molecule has 18 nitrogen and oxygen atoms in total. The maximum Gasteiger partial charge on any atom is 0.338 e. The molecule has 0 radical (unpaired) electrons. The molecule has 0 spiro atoms. The van der Waals surface area contributed by atoms with Gasteiger partial charge in [-0.05, 0) is 54.8 Å². The van der Waals surface area contributed by atoms with Gasteiger partial charge in [0.25, 0.3) is 5.91 Å². The summed E-state index contributed by atoms with van der Waals surface area (Å²) in [6.07, 6.45) is -11.1. The van der Waals surface area contributed by atoms with Crippen molar-refractivity contribution in [1.29, 1.82) is 0 Å². The van der Waals surface area contributed by atoms with Crippen molar-refractivity contribution in [1.82, 2.24) is 10.6 Å². The average molecular weight is 967 g/mol. The molecule has 1 heterocycles. The highest BCUT2D eigenvalue weighted by Gasteiger charge is 2.79. The first-order chi connectivity index (χ1) is 33.1. The SMILES string of the molecule is CCC(=O)NCC(=O)O[C@H]1CC2OC[C@@]2(OC(C)=O)[C@H]2[C@H](OC(=O)c3ccccc3)[C@]3(O)C[C@H](OC(=O)[C@H](O)[C@@H](NC(=O)c4ccccc4)c4ccccc4)C(C)=C([C@@H](OC(C)=O)C(=O)[C@]12C)C3(C)C. The number of aliphatic hydroxyl groups excluding tert-OH is 1. The minimum Gasteiger partial charge on any atom is -0.460 e. The average Bonchev–Trinajstić information content (AvgIpc) is 3.33. The van der Waals surface area contributed by atoms with Gasteiger partial charge in [0.15, 0.2) is 23.6 Å². The predicted octanol–water partition coefficient (Wildman–Crippen LogP) is 3.81. The van der Waals surface area contributed by atoms with E-state index in [1.165, 1.54) is 39.8 Å². The van der Waals surface area contributed by atoms with Crippen molar-refractivity contribution in [3.05, 3.63) is 119 Å². The third-order valence-corrected chi connectivity index (χ3v) is 14.5. The van der Waals surface area contributed by atoms with E-state index < -0.39 is 138 Å². The van der Waals surface area contributed by atoms with E-state index in [9.17, 15) is 43.8 Å². The highest BCUT2D eigenvalue weighted by molar-refractivity contribution is 5.97. The zero-order valence-corrected chi connectivity index (χ0v) is 39.9. The van der Waals surface area contributed by atoms with Crippen molar-refractivity contribution in [3.63, 3.8) is 0 Å². The molecule has 3 fully saturated rings.